The van der Waals surface area contributed by atoms with Crippen molar-refractivity contribution in [2.75, 3.05) is 19.7 Å². The Bertz CT molecular complexity index is 480. The normalized spacial score (nSPS) is 15.6. The number of ether oxygens (including phenoxy) is 1. The molecule has 19 heavy (non-hydrogen) atoms. The van der Waals surface area contributed by atoms with E-state index in [1.807, 2.05) is 31.7 Å². The number of fused-ring (bicyclic) bond motifs is 1. The molecule has 0 N–H and O–H groups in total. The molecule has 1 aliphatic rings. The topological polar surface area (TPSA) is 29.5 Å². The fraction of sp³-hybridized carbons (Fsp3) is 0.533. The molecule has 4 heteroatoms. The lowest BCUT2D eigenvalue weighted by Gasteiger charge is -2.30. The smallest absolute Gasteiger partial charge is 0.254 e. The minimum atomic E-state index is -0.147. The number of carbonyl (C=O) groups excluding carboxylic acids is 1. The van der Waals surface area contributed by atoms with E-state index in [0.29, 0.717) is 13.2 Å². The third-order valence-corrected chi connectivity index (χ3v) is 3.81. The van der Waals surface area contributed by atoms with Crippen LogP contribution in [0, 0.1) is 3.57 Å². The minimum absolute atomic E-state index is 0.136. The summed E-state index contributed by atoms with van der Waals surface area (Å²) in [4.78, 5) is 14.3. The molecule has 3 nitrogen and oxygen atoms in total. The Morgan fingerprint density at radius 2 is 2.11 bits per heavy atom. The molecule has 1 amide bonds. The monoisotopic (exact) mass is 373 g/mol. The van der Waals surface area contributed by atoms with E-state index >= 15 is 0 Å². The predicted molar refractivity (Wildman–Crippen MR) is 84.5 cm³/mol. The molecule has 0 radical (unpaired) electrons. The fourth-order valence-electron chi connectivity index (χ4n) is 2.17. The zero-order chi connectivity index (χ0) is 14.0. The first-order valence-corrected chi connectivity index (χ1v) is 7.66. The molecule has 0 saturated heterocycles. The summed E-state index contributed by atoms with van der Waals surface area (Å²) in [7, 11) is 0. The molecule has 0 bridgehead atoms. The molecule has 1 aliphatic heterocycles. The molecule has 0 aromatic heterocycles. The maximum atomic E-state index is 12.4. The first-order chi connectivity index (χ1) is 8.87. The molecule has 2 rings (SSSR count). The lowest BCUT2D eigenvalue weighted by Crippen LogP contribution is -2.40. The summed E-state index contributed by atoms with van der Waals surface area (Å²) in [5, 5.41) is 0. The van der Waals surface area contributed by atoms with Crippen molar-refractivity contribution in [3.63, 3.8) is 0 Å². The van der Waals surface area contributed by atoms with Crippen molar-refractivity contribution in [1.29, 1.82) is 0 Å². The van der Waals surface area contributed by atoms with Crippen LogP contribution in [0.15, 0.2) is 18.2 Å². The van der Waals surface area contributed by atoms with Crippen LogP contribution >= 0.6 is 22.6 Å². The molecule has 1 aromatic rings. The van der Waals surface area contributed by atoms with Crippen molar-refractivity contribution in [3.05, 3.63) is 32.9 Å². The average Bonchev–Trinajstić information content (AvgIpc) is 2.31. The summed E-state index contributed by atoms with van der Waals surface area (Å²) in [5.74, 6) is 0.136. The lowest BCUT2D eigenvalue weighted by atomic mass is 9.99. The number of carbonyl (C=O) groups is 1. The summed E-state index contributed by atoms with van der Waals surface area (Å²) in [6.07, 6.45) is 0.938. The van der Waals surface area contributed by atoms with E-state index in [-0.39, 0.29) is 11.5 Å². The maximum absolute atomic E-state index is 12.4. The van der Waals surface area contributed by atoms with Gasteiger partial charge in [0.2, 0.25) is 0 Å². The third-order valence-electron chi connectivity index (χ3n) is 3.14. The second-order valence-corrected chi connectivity index (χ2v) is 7.05. The van der Waals surface area contributed by atoms with E-state index in [9.17, 15) is 4.79 Å². The molecule has 1 heterocycles. The zero-order valence-electron chi connectivity index (χ0n) is 11.7. The van der Waals surface area contributed by atoms with E-state index in [0.717, 1.165) is 22.1 Å². The van der Waals surface area contributed by atoms with Crippen LogP contribution in [-0.4, -0.2) is 36.1 Å². The standard InChI is InChI=1S/C15H20INO2/c1-15(2,3)19-9-8-17-7-6-11-4-5-12(16)10-13(11)14(17)18/h4-5,10H,6-9H2,1-3H3. The first kappa shape index (κ1) is 14.8. The second-order valence-electron chi connectivity index (χ2n) is 5.80. The van der Waals surface area contributed by atoms with Crippen LogP contribution in [0.4, 0.5) is 0 Å². The number of amides is 1. The van der Waals surface area contributed by atoms with Crippen LogP contribution in [0.2, 0.25) is 0 Å². The summed E-state index contributed by atoms with van der Waals surface area (Å²) in [6.45, 7) is 8.14. The zero-order valence-corrected chi connectivity index (χ0v) is 13.9. The van der Waals surface area contributed by atoms with E-state index in [4.69, 9.17) is 4.74 Å². The van der Waals surface area contributed by atoms with Crippen molar-refractivity contribution in [2.45, 2.75) is 32.8 Å². The highest BCUT2D eigenvalue weighted by Gasteiger charge is 2.24. The van der Waals surface area contributed by atoms with Gasteiger partial charge in [-0.3, -0.25) is 4.79 Å². The van der Waals surface area contributed by atoms with Gasteiger partial charge < -0.3 is 9.64 Å². The molecule has 1 aromatic carbocycles. The maximum Gasteiger partial charge on any atom is 0.254 e. The Hall–Kier alpha value is -0.620. The number of nitrogens with zero attached hydrogens (tertiary/aromatic N) is 1. The van der Waals surface area contributed by atoms with Crippen molar-refractivity contribution >= 4 is 28.5 Å². The second kappa shape index (κ2) is 5.79. The van der Waals surface area contributed by atoms with Gasteiger partial charge in [-0.2, -0.15) is 0 Å². The third kappa shape index (κ3) is 3.92. The van der Waals surface area contributed by atoms with Crippen LogP contribution in [0.25, 0.3) is 0 Å². The highest BCUT2D eigenvalue weighted by Crippen LogP contribution is 2.21. The van der Waals surface area contributed by atoms with Crippen molar-refractivity contribution in [2.24, 2.45) is 0 Å². The van der Waals surface area contributed by atoms with Crippen LogP contribution in [0.5, 0.6) is 0 Å². The predicted octanol–water partition coefficient (Wildman–Crippen LogP) is 3.10. The van der Waals surface area contributed by atoms with Crippen LogP contribution in [-0.2, 0) is 11.2 Å². The molecular weight excluding hydrogens is 353 g/mol. The molecule has 0 saturated carbocycles. The molecule has 0 spiro atoms. The van der Waals surface area contributed by atoms with E-state index < -0.39 is 0 Å². The summed E-state index contributed by atoms with van der Waals surface area (Å²) in [5.41, 5.74) is 1.87. The van der Waals surface area contributed by atoms with Gasteiger partial charge in [-0.25, -0.2) is 0 Å². The van der Waals surface area contributed by atoms with Gasteiger partial charge in [0.05, 0.1) is 12.2 Å². The molecule has 104 valence electrons. The summed E-state index contributed by atoms with van der Waals surface area (Å²) in [6, 6.07) is 6.11. The SMILES string of the molecule is CC(C)(C)OCCN1CCc2ccc(I)cc2C1=O. The van der Waals surface area contributed by atoms with Crippen LogP contribution in [0.1, 0.15) is 36.7 Å². The van der Waals surface area contributed by atoms with Crippen LogP contribution in [0.3, 0.4) is 0 Å². The van der Waals surface area contributed by atoms with E-state index in [1.54, 1.807) is 0 Å². The summed E-state index contributed by atoms with van der Waals surface area (Å²) >= 11 is 2.25. The van der Waals surface area contributed by atoms with Gasteiger partial charge in [0.25, 0.3) is 5.91 Å². The lowest BCUT2D eigenvalue weighted by molar-refractivity contribution is -0.0121. The number of hydrogen-bond acceptors (Lipinski definition) is 2. The van der Waals surface area contributed by atoms with Gasteiger partial charge in [0, 0.05) is 22.2 Å². The Labute approximate surface area is 128 Å². The molecule has 0 unspecified atom stereocenters. The van der Waals surface area contributed by atoms with Crippen molar-refractivity contribution in [1.82, 2.24) is 4.90 Å². The van der Waals surface area contributed by atoms with E-state index in [2.05, 4.69) is 34.7 Å². The Balaban J connectivity index is 2.01. The molecule has 0 atom stereocenters. The molecular formula is C15H20INO2. The van der Waals surface area contributed by atoms with Crippen LogP contribution < -0.4 is 0 Å². The quantitative estimate of drug-likeness (QED) is 0.763. The van der Waals surface area contributed by atoms with Gasteiger partial charge in [-0.15, -0.1) is 0 Å². The van der Waals surface area contributed by atoms with Crippen molar-refractivity contribution < 1.29 is 9.53 Å². The summed E-state index contributed by atoms with van der Waals surface area (Å²) < 4.78 is 6.81. The highest BCUT2D eigenvalue weighted by molar-refractivity contribution is 14.1. The Morgan fingerprint density at radius 1 is 1.37 bits per heavy atom. The van der Waals surface area contributed by atoms with E-state index in [1.165, 1.54) is 5.56 Å². The highest BCUT2D eigenvalue weighted by atomic mass is 127. The number of rotatable bonds is 3. The number of benzene rings is 1. The average molecular weight is 373 g/mol. The van der Waals surface area contributed by atoms with Gasteiger partial charge in [-0.05, 0) is 67.5 Å². The number of halogens is 1. The van der Waals surface area contributed by atoms with Gasteiger partial charge >= 0.3 is 0 Å². The van der Waals surface area contributed by atoms with Gasteiger partial charge in [0.1, 0.15) is 0 Å². The van der Waals surface area contributed by atoms with Gasteiger partial charge in [0.15, 0.2) is 0 Å². The number of hydrogen-bond donors (Lipinski definition) is 0. The molecule has 0 fully saturated rings. The largest absolute Gasteiger partial charge is 0.374 e. The Morgan fingerprint density at radius 3 is 2.79 bits per heavy atom. The fourth-order valence-corrected chi connectivity index (χ4v) is 2.66. The van der Waals surface area contributed by atoms with Gasteiger partial charge in [-0.1, -0.05) is 6.07 Å². The van der Waals surface area contributed by atoms with Crippen molar-refractivity contribution in [3.8, 4) is 0 Å². The Kier molecular flexibility index (Phi) is 4.50. The molecule has 0 aliphatic carbocycles. The first-order valence-electron chi connectivity index (χ1n) is 6.58. The minimum Gasteiger partial charge on any atom is -0.374 e.